The van der Waals surface area contributed by atoms with Gasteiger partial charge in [0.2, 0.25) is 5.91 Å². The molecule has 0 rings (SSSR count). The summed E-state index contributed by atoms with van der Waals surface area (Å²) in [6, 6.07) is 0.608. The lowest BCUT2D eigenvalue weighted by Gasteiger charge is -2.31. The van der Waals surface area contributed by atoms with Crippen molar-refractivity contribution in [1.82, 2.24) is 4.90 Å². The molecule has 0 saturated carbocycles. The quantitative estimate of drug-likeness (QED) is 0.624. The molecule has 0 bridgehead atoms. The Bertz CT molecular complexity index is 240. The molecule has 0 heterocycles. The van der Waals surface area contributed by atoms with Gasteiger partial charge in [0, 0.05) is 18.5 Å². The van der Waals surface area contributed by atoms with Gasteiger partial charge < -0.3 is 4.90 Å². The largest absolute Gasteiger partial charge is 0.338 e. The molecule has 19 heavy (non-hydrogen) atoms. The Morgan fingerprint density at radius 1 is 0.842 bits per heavy atom. The summed E-state index contributed by atoms with van der Waals surface area (Å²) in [4.78, 5) is 14.3. The van der Waals surface area contributed by atoms with Crippen molar-refractivity contribution in [3.8, 4) is 0 Å². The number of nitrogens with zero attached hydrogens (tertiary/aromatic N) is 1. The highest BCUT2D eigenvalue weighted by Crippen LogP contribution is 2.26. The fourth-order valence-electron chi connectivity index (χ4n) is 3.23. The van der Waals surface area contributed by atoms with Crippen LogP contribution in [0.25, 0.3) is 0 Å². The van der Waals surface area contributed by atoms with Crippen molar-refractivity contribution in [2.24, 2.45) is 17.8 Å². The zero-order valence-corrected chi connectivity index (χ0v) is 14.4. The number of hydrogen-bond donors (Lipinski definition) is 0. The second-order valence-electron chi connectivity index (χ2n) is 7.03. The van der Waals surface area contributed by atoms with Crippen molar-refractivity contribution < 1.29 is 4.79 Å². The highest BCUT2D eigenvalue weighted by molar-refractivity contribution is 5.76. The first-order valence-electron chi connectivity index (χ1n) is 7.99. The van der Waals surface area contributed by atoms with E-state index in [1.807, 2.05) is 4.90 Å². The Morgan fingerprint density at radius 3 is 1.58 bits per heavy atom. The van der Waals surface area contributed by atoms with E-state index in [0.717, 1.165) is 12.3 Å². The second kappa shape index (κ2) is 8.60. The van der Waals surface area contributed by atoms with Crippen molar-refractivity contribution in [3.63, 3.8) is 0 Å². The molecule has 0 aliphatic carbocycles. The first kappa shape index (κ1) is 18.5. The van der Waals surface area contributed by atoms with Crippen LogP contribution in [0, 0.1) is 17.8 Å². The van der Waals surface area contributed by atoms with Gasteiger partial charge in [0.15, 0.2) is 0 Å². The van der Waals surface area contributed by atoms with Crippen LogP contribution >= 0.6 is 0 Å². The molecule has 0 N–H and O–H groups in total. The highest BCUT2D eigenvalue weighted by Gasteiger charge is 2.21. The van der Waals surface area contributed by atoms with Crippen molar-refractivity contribution in [2.45, 2.75) is 86.7 Å². The van der Waals surface area contributed by atoms with Crippen LogP contribution in [0.2, 0.25) is 0 Å². The molecule has 0 aromatic carbocycles. The topological polar surface area (TPSA) is 20.3 Å². The van der Waals surface area contributed by atoms with E-state index < -0.39 is 0 Å². The molecular formula is C17H35NO. The van der Waals surface area contributed by atoms with E-state index in [4.69, 9.17) is 0 Å². The molecular weight excluding hydrogens is 234 g/mol. The van der Waals surface area contributed by atoms with Crippen LogP contribution in [0.15, 0.2) is 0 Å². The zero-order chi connectivity index (χ0) is 15.2. The maximum Gasteiger partial charge on any atom is 0.223 e. The molecule has 0 fully saturated rings. The predicted molar refractivity (Wildman–Crippen MR) is 84.1 cm³/mol. The fourth-order valence-corrected chi connectivity index (χ4v) is 3.23. The number of rotatable bonds is 8. The molecule has 0 spiro atoms. The maximum absolute atomic E-state index is 12.3. The number of hydrogen-bond acceptors (Lipinski definition) is 1. The molecule has 1 amide bonds. The summed E-state index contributed by atoms with van der Waals surface area (Å²) in [5.41, 5.74) is 0. The third-order valence-corrected chi connectivity index (χ3v) is 4.04. The summed E-state index contributed by atoms with van der Waals surface area (Å²) >= 11 is 0. The minimum absolute atomic E-state index is 0.304. The molecule has 0 unspecified atom stereocenters. The lowest BCUT2D eigenvalue weighted by molar-refractivity contribution is -0.134. The first-order chi connectivity index (χ1) is 8.68. The first-order valence-corrected chi connectivity index (χ1v) is 7.99. The smallest absolute Gasteiger partial charge is 0.223 e. The Labute approximate surface area is 120 Å². The molecule has 2 nitrogen and oxygen atoms in total. The summed E-state index contributed by atoms with van der Waals surface area (Å²) in [5.74, 6) is 2.47. The van der Waals surface area contributed by atoms with Crippen LogP contribution in [0.4, 0.5) is 0 Å². The minimum atomic E-state index is 0.304. The SMILES string of the molecule is CC(C)C(CCCC(=O)N(C(C)C)C(C)C)C(C)C. The Kier molecular flexibility index (Phi) is 8.36. The van der Waals surface area contributed by atoms with E-state index in [9.17, 15) is 4.79 Å². The monoisotopic (exact) mass is 269 g/mol. The number of carbonyl (C=O) groups excluding carboxylic acids is 1. The third kappa shape index (κ3) is 6.44. The van der Waals surface area contributed by atoms with E-state index in [2.05, 4.69) is 55.4 Å². The van der Waals surface area contributed by atoms with Gasteiger partial charge in [-0.15, -0.1) is 0 Å². The van der Waals surface area contributed by atoms with E-state index in [0.29, 0.717) is 36.2 Å². The number of amides is 1. The lowest BCUT2D eigenvalue weighted by atomic mass is 9.82. The molecule has 0 aromatic heterocycles. The Morgan fingerprint density at radius 2 is 1.26 bits per heavy atom. The molecule has 0 aromatic rings. The van der Waals surface area contributed by atoms with Gasteiger partial charge in [0.05, 0.1) is 0 Å². The summed E-state index contributed by atoms with van der Waals surface area (Å²) in [7, 11) is 0. The average molecular weight is 269 g/mol. The summed E-state index contributed by atoms with van der Waals surface area (Å²) in [6.07, 6.45) is 2.90. The van der Waals surface area contributed by atoms with Crippen molar-refractivity contribution >= 4 is 5.91 Å². The van der Waals surface area contributed by atoms with E-state index in [-0.39, 0.29) is 0 Å². The molecule has 0 aliphatic rings. The van der Waals surface area contributed by atoms with Crippen LogP contribution in [0.5, 0.6) is 0 Å². The summed E-state index contributed by atoms with van der Waals surface area (Å²) in [5, 5.41) is 0. The van der Waals surface area contributed by atoms with Gasteiger partial charge in [0.25, 0.3) is 0 Å². The van der Waals surface area contributed by atoms with Gasteiger partial charge in [-0.25, -0.2) is 0 Å². The lowest BCUT2D eigenvalue weighted by Crippen LogP contribution is -2.41. The van der Waals surface area contributed by atoms with Gasteiger partial charge in [-0.05, 0) is 58.3 Å². The highest BCUT2D eigenvalue weighted by atomic mass is 16.2. The van der Waals surface area contributed by atoms with Crippen LogP contribution in [0.3, 0.4) is 0 Å². The van der Waals surface area contributed by atoms with Gasteiger partial charge in [-0.2, -0.15) is 0 Å². The van der Waals surface area contributed by atoms with Crippen LogP contribution in [0.1, 0.15) is 74.7 Å². The van der Waals surface area contributed by atoms with Gasteiger partial charge in [-0.3, -0.25) is 4.79 Å². The standard InChI is InChI=1S/C17H35NO/c1-12(2)16(13(3)4)10-9-11-17(19)18(14(5)6)15(7)8/h12-16H,9-11H2,1-8H3. The average Bonchev–Trinajstić information content (AvgIpc) is 2.21. The Balaban J connectivity index is 4.29. The second-order valence-corrected chi connectivity index (χ2v) is 7.03. The minimum Gasteiger partial charge on any atom is -0.338 e. The third-order valence-electron chi connectivity index (χ3n) is 4.04. The van der Waals surface area contributed by atoms with E-state index in [1.54, 1.807) is 0 Å². The molecule has 0 radical (unpaired) electrons. The van der Waals surface area contributed by atoms with Gasteiger partial charge in [0.1, 0.15) is 0 Å². The molecule has 0 atom stereocenters. The number of carbonyl (C=O) groups is 1. The van der Waals surface area contributed by atoms with Crippen LogP contribution in [-0.4, -0.2) is 22.9 Å². The predicted octanol–water partition coefficient (Wildman–Crippen LogP) is 4.73. The molecule has 114 valence electrons. The van der Waals surface area contributed by atoms with Crippen LogP contribution < -0.4 is 0 Å². The Hall–Kier alpha value is -0.530. The van der Waals surface area contributed by atoms with Gasteiger partial charge in [-0.1, -0.05) is 27.7 Å². The normalized spacial score (nSPS) is 12.3. The fraction of sp³-hybridized carbons (Fsp3) is 0.941. The molecule has 2 heteroatoms. The van der Waals surface area contributed by atoms with E-state index in [1.165, 1.54) is 6.42 Å². The van der Waals surface area contributed by atoms with Crippen molar-refractivity contribution in [2.75, 3.05) is 0 Å². The zero-order valence-electron chi connectivity index (χ0n) is 14.4. The van der Waals surface area contributed by atoms with Crippen LogP contribution in [-0.2, 0) is 4.79 Å². The van der Waals surface area contributed by atoms with Crippen molar-refractivity contribution in [1.29, 1.82) is 0 Å². The van der Waals surface area contributed by atoms with Gasteiger partial charge >= 0.3 is 0 Å². The molecule has 0 saturated heterocycles. The summed E-state index contributed by atoms with van der Waals surface area (Å²) in [6.45, 7) is 17.6. The summed E-state index contributed by atoms with van der Waals surface area (Å²) < 4.78 is 0. The van der Waals surface area contributed by atoms with E-state index >= 15 is 0 Å². The molecule has 0 aliphatic heterocycles. The van der Waals surface area contributed by atoms with Crippen molar-refractivity contribution in [3.05, 3.63) is 0 Å². The maximum atomic E-state index is 12.3.